The molecule has 1 unspecified atom stereocenters. The first-order valence-electron chi connectivity index (χ1n) is 6.37. The van der Waals surface area contributed by atoms with Gasteiger partial charge in [-0.2, -0.15) is 0 Å². The number of hydrogen-bond acceptors (Lipinski definition) is 1. The highest BCUT2D eigenvalue weighted by Gasteiger charge is 2.23. The molecular formula is C16H24ClN. The van der Waals surface area contributed by atoms with Crippen LogP contribution < -0.4 is 5.32 Å². The highest BCUT2D eigenvalue weighted by atomic mass is 35.5. The Morgan fingerprint density at radius 1 is 1.28 bits per heavy atom. The lowest BCUT2D eigenvalue weighted by Crippen LogP contribution is -2.43. The third-order valence-electron chi connectivity index (χ3n) is 3.01. The number of halogens is 1. The van der Waals surface area contributed by atoms with Crippen molar-refractivity contribution in [1.82, 2.24) is 5.32 Å². The van der Waals surface area contributed by atoms with Crippen LogP contribution in [-0.2, 0) is 6.42 Å². The zero-order valence-electron chi connectivity index (χ0n) is 11.9. The molecule has 2 heteroatoms. The Morgan fingerprint density at radius 3 is 2.44 bits per heavy atom. The van der Waals surface area contributed by atoms with Gasteiger partial charge in [0.05, 0.1) is 0 Å². The minimum absolute atomic E-state index is 0.0396. The van der Waals surface area contributed by atoms with E-state index < -0.39 is 0 Å². The van der Waals surface area contributed by atoms with Crippen LogP contribution in [0.15, 0.2) is 36.9 Å². The largest absolute Gasteiger partial charge is 0.311 e. The summed E-state index contributed by atoms with van der Waals surface area (Å²) < 4.78 is 0. The van der Waals surface area contributed by atoms with Gasteiger partial charge in [0.2, 0.25) is 0 Å². The van der Waals surface area contributed by atoms with Crippen LogP contribution in [0.25, 0.3) is 0 Å². The molecule has 0 aliphatic heterocycles. The molecule has 1 nitrogen and oxygen atoms in total. The molecule has 1 rings (SSSR count). The van der Waals surface area contributed by atoms with Crippen molar-refractivity contribution >= 4 is 11.6 Å². The van der Waals surface area contributed by atoms with Crippen molar-refractivity contribution in [1.29, 1.82) is 0 Å². The summed E-state index contributed by atoms with van der Waals surface area (Å²) >= 11 is 6.03. The van der Waals surface area contributed by atoms with E-state index >= 15 is 0 Å². The van der Waals surface area contributed by atoms with Crippen LogP contribution in [0.4, 0.5) is 0 Å². The normalized spacial score (nSPS) is 15.2. The summed E-state index contributed by atoms with van der Waals surface area (Å²) in [6.45, 7) is 13.6. The second-order valence-electron chi connectivity index (χ2n) is 6.27. The standard InChI is InChI=1S/C16H24ClN/c1-6-16(5,12-18-15(2,3)4)11-13-8-7-9-14(17)10-13/h6-10,18H,1,11-12H2,2-5H3. The lowest BCUT2D eigenvalue weighted by molar-refractivity contribution is 0.322. The summed E-state index contributed by atoms with van der Waals surface area (Å²) in [5.41, 5.74) is 1.41. The fourth-order valence-corrected chi connectivity index (χ4v) is 2.00. The van der Waals surface area contributed by atoms with Crippen LogP contribution in [0.2, 0.25) is 5.02 Å². The van der Waals surface area contributed by atoms with Crippen LogP contribution in [-0.4, -0.2) is 12.1 Å². The average Bonchev–Trinajstić information content (AvgIpc) is 2.26. The summed E-state index contributed by atoms with van der Waals surface area (Å²) in [6.07, 6.45) is 2.98. The molecule has 1 atom stereocenters. The van der Waals surface area contributed by atoms with Crippen molar-refractivity contribution in [2.45, 2.75) is 39.7 Å². The molecular weight excluding hydrogens is 242 g/mol. The van der Waals surface area contributed by atoms with Crippen molar-refractivity contribution in [3.8, 4) is 0 Å². The van der Waals surface area contributed by atoms with Gasteiger partial charge in [0.1, 0.15) is 0 Å². The minimum atomic E-state index is 0.0396. The molecule has 0 heterocycles. The molecule has 1 aromatic carbocycles. The molecule has 100 valence electrons. The predicted molar refractivity (Wildman–Crippen MR) is 81.2 cm³/mol. The Hall–Kier alpha value is -0.790. The van der Waals surface area contributed by atoms with E-state index in [2.05, 4.69) is 45.7 Å². The highest BCUT2D eigenvalue weighted by molar-refractivity contribution is 6.30. The molecule has 0 saturated heterocycles. The van der Waals surface area contributed by atoms with E-state index in [1.54, 1.807) is 0 Å². The average molecular weight is 266 g/mol. The molecule has 0 amide bonds. The monoisotopic (exact) mass is 265 g/mol. The van der Waals surface area contributed by atoms with Gasteiger partial charge in [-0.25, -0.2) is 0 Å². The molecule has 0 aromatic heterocycles. The van der Waals surface area contributed by atoms with E-state index in [9.17, 15) is 0 Å². The van der Waals surface area contributed by atoms with Gasteiger partial charge in [0, 0.05) is 22.5 Å². The van der Waals surface area contributed by atoms with Crippen molar-refractivity contribution in [2.75, 3.05) is 6.54 Å². The predicted octanol–water partition coefficient (Wildman–Crippen LogP) is 4.46. The Balaban J connectivity index is 2.73. The van der Waals surface area contributed by atoms with E-state index in [0.717, 1.165) is 18.0 Å². The number of hydrogen-bond donors (Lipinski definition) is 1. The third-order valence-corrected chi connectivity index (χ3v) is 3.25. The lowest BCUT2D eigenvalue weighted by Gasteiger charge is -2.31. The van der Waals surface area contributed by atoms with Crippen LogP contribution in [0.3, 0.4) is 0 Å². The van der Waals surface area contributed by atoms with Crippen molar-refractivity contribution in [2.24, 2.45) is 5.41 Å². The summed E-state index contributed by atoms with van der Waals surface area (Å²) in [7, 11) is 0. The lowest BCUT2D eigenvalue weighted by atomic mass is 9.83. The van der Waals surface area contributed by atoms with Gasteiger partial charge in [-0.1, -0.05) is 36.7 Å². The maximum atomic E-state index is 6.03. The fraction of sp³-hybridized carbons (Fsp3) is 0.500. The minimum Gasteiger partial charge on any atom is -0.311 e. The molecule has 1 aromatic rings. The number of nitrogens with one attached hydrogen (secondary N) is 1. The maximum Gasteiger partial charge on any atom is 0.0408 e. The third kappa shape index (κ3) is 5.24. The van der Waals surface area contributed by atoms with E-state index in [1.165, 1.54) is 5.56 Å². The van der Waals surface area contributed by atoms with Gasteiger partial charge in [0.15, 0.2) is 0 Å². The molecule has 0 fully saturated rings. The van der Waals surface area contributed by atoms with Gasteiger partial charge in [0.25, 0.3) is 0 Å². The second-order valence-corrected chi connectivity index (χ2v) is 6.70. The zero-order chi connectivity index (χ0) is 13.8. The first-order chi connectivity index (χ1) is 8.24. The van der Waals surface area contributed by atoms with Crippen LogP contribution in [0, 0.1) is 5.41 Å². The van der Waals surface area contributed by atoms with Crippen LogP contribution in [0.5, 0.6) is 0 Å². The summed E-state index contributed by atoms with van der Waals surface area (Å²) in [5, 5.41) is 4.34. The highest BCUT2D eigenvalue weighted by Crippen LogP contribution is 2.25. The quantitative estimate of drug-likeness (QED) is 0.775. The number of rotatable bonds is 5. The maximum absolute atomic E-state index is 6.03. The van der Waals surface area contributed by atoms with Gasteiger partial charge in [-0.3, -0.25) is 0 Å². The molecule has 0 aliphatic rings. The van der Waals surface area contributed by atoms with Crippen LogP contribution >= 0.6 is 11.6 Å². The van der Waals surface area contributed by atoms with Crippen molar-refractivity contribution in [3.05, 3.63) is 47.5 Å². The number of benzene rings is 1. The van der Waals surface area contributed by atoms with Crippen LogP contribution in [0.1, 0.15) is 33.3 Å². The first-order valence-corrected chi connectivity index (χ1v) is 6.75. The van der Waals surface area contributed by atoms with Gasteiger partial charge in [-0.15, -0.1) is 6.58 Å². The van der Waals surface area contributed by atoms with Crippen molar-refractivity contribution < 1.29 is 0 Å². The summed E-state index contributed by atoms with van der Waals surface area (Å²) in [6, 6.07) is 8.05. The van der Waals surface area contributed by atoms with E-state index in [0.29, 0.717) is 0 Å². The zero-order valence-corrected chi connectivity index (χ0v) is 12.6. The van der Waals surface area contributed by atoms with E-state index in [-0.39, 0.29) is 11.0 Å². The SMILES string of the molecule is C=CC(C)(CNC(C)(C)C)Cc1cccc(Cl)c1. The Kier molecular flexibility index (Phi) is 5.01. The summed E-state index contributed by atoms with van der Waals surface area (Å²) in [5.74, 6) is 0. The van der Waals surface area contributed by atoms with Gasteiger partial charge < -0.3 is 5.32 Å². The van der Waals surface area contributed by atoms with Gasteiger partial charge >= 0.3 is 0 Å². The Labute approximate surface area is 116 Å². The molecule has 18 heavy (non-hydrogen) atoms. The van der Waals surface area contributed by atoms with E-state index in [1.807, 2.05) is 24.3 Å². The van der Waals surface area contributed by atoms with E-state index in [4.69, 9.17) is 11.6 Å². The first kappa shape index (κ1) is 15.3. The van der Waals surface area contributed by atoms with Gasteiger partial charge in [-0.05, 0) is 44.9 Å². The second kappa shape index (κ2) is 5.90. The molecule has 0 radical (unpaired) electrons. The smallest absolute Gasteiger partial charge is 0.0408 e. The molecule has 0 saturated carbocycles. The molecule has 0 spiro atoms. The Bertz CT molecular complexity index is 406. The molecule has 1 N–H and O–H groups in total. The fourth-order valence-electron chi connectivity index (χ4n) is 1.79. The van der Waals surface area contributed by atoms with Crippen molar-refractivity contribution in [3.63, 3.8) is 0 Å². The topological polar surface area (TPSA) is 12.0 Å². The molecule has 0 bridgehead atoms. The molecule has 0 aliphatic carbocycles. The Morgan fingerprint density at radius 2 is 1.94 bits per heavy atom. The summed E-state index contributed by atoms with van der Waals surface area (Å²) in [4.78, 5) is 0.